The zero-order valence-electron chi connectivity index (χ0n) is 21.5. The van der Waals surface area contributed by atoms with Crippen LogP contribution in [0, 0.1) is 17.7 Å². The van der Waals surface area contributed by atoms with Crippen molar-refractivity contribution in [1.82, 2.24) is 4.31 Å². The summed E-state index contributed by atoms with van der Waals surface area (Å²) in [6.07, 6.45) is 15.4. The Balaban J connectivity index is 1.44. The summed E-state index contributed by atoms with van der Waals surface area (Å²) in [7, 11) is 3.72. The summed E-state index contributed by atoms with van der Waals surface area (Å²) in [5.74, 6) is 1.69. The van der Waals surface area contributed by atoms with E-state index in [2.05, 4.69) is 41.6 Å². The summed E-state index contributed by atoms with van der Waals surface area (Å²) in [5, 5.41) is 0. The monoisotopic (exact) mass is 485 g/mol. The maximum atomic E-state index is 14.9. The molecule has 0 spiro atoms. The maximum Gasteiger partial charge on any atom is 0.131 e. The van der Waals surface area contributed by atoms with Crippen LogP contribution in [0.25, 0.3) is 11.1 Å². The molecule has 1 fully saturated rings. The number of hydrogen-bond acceptors (Lipinski definition) is 3. The van der Waals surface area contributed by atoms with Crippen molar-refractivity contribution in [3.63, 3.8) is 0 Å². The highest BCUT2D eigenvalue weighted by Crippen LogP contribution is 2.34. The standard InChI is InChI=1S/C30H44FNOS/c1-4-5-6-8-24-10-12-26(13-11-24)14-15-27-18-21-29(30(31)23-27)28-19-16-25(17-20-28)9-7-22-32(2)34-33-3/h16-21,23-24,26H,4-15,22H2,1-3H3. The molecule has 1 saturated carbocycles. The van der Waals surface area contributed by atoms with Crippen LogP contribution in [0.2, 0.25) is 0 Å². The van der Waals surface area contributed by atoms with E-state index in [0.717, 1.165) is 48.8 Å². The third-order valence-electron chi connectivity index (χ3n) is 7.46. The largest absolute Gasteiger partial charge is 0.304 e. The Labute approximate surface area is 212 Å². The summed E-state index contributed by atoms with van der Waals surface area (Å²) in [5.41, 5.74) is 4.10. The average molecular weight is 486 g/mol. The van der Waals surface area contributed by atoms with E-state index >= 15 is 0 Å². The van der Waals surface area contributed by atoms with Gasteiger partial charge in [-0.15, -0.1) is 0 Å². The van der Waals surface area contributed by atoms with E-state index in [1.807, 2.05) is 13.1 Å². The lowest BCUT2D eigenvalue weighted by molar-refractivity contribution is 0.249. The van der Waals surface area contributed by atoms with Gasteiger partial charge in [0.25, 0.3) is 0 Å². The molecule has 188 valence electrons. The van der Waals surface area contributed by atoms with E-state index < -0.39 is 0 Å². The van der Waals surface area contributed by atoms with Crippen LogP contribution in [0.4, 0.5) is 4.39 Å². The van der Waals surface area contributed by atoms with Crippen LogP contribution >= 0.6 is 12.2 Å². The van der Waals surface area contributed by atoms with Crippen LogP contribution in [0.1, 0.15) is 82.3 Å². The zero-order chi connectivity index (χ0) is 24.2. The smallest absolute Gasteiger partial charge is 0.131 e. The lowest BCUT2D eigenvalue weighted by Crippen LogP contribution is -2.15. The van der Waals surface area contributed by atoms with E-state index in [4.69, 9.17) is 4.18 Å². The Morgan fingerprint density at radius 2 is 1.56 bits per heavy atom. The lowest BCUT2D eigenvalue weighted by Gasteiger charge is -2.28. The SMILES string of the molecule is CCCCCC1CCC(CCc2ccc(-c3ccc(CCCN(C)SOC)cc3)c(F)c2)CC1. The fourth-order valence-electron chi connectivity index (χ4n) is 5.33. The van der Waals surface area contributed by atoms with Gasteiger partial charge in [0.2, 0.25) is 0 Å². The number of halogens is 1. The van der Waals surface area contributed by atoms with Gasteiger partial charge in [0, 0.05) is 12.1 Å². The number of nitrogens with zero attached hydrogens (tertiary/aromatic N) is 1. The van der Waals surface area contributed by atoms with Crippen LogP contribution in [0.15, 0.2) is 42.5 Å². The van der Waals surface area contributed by atoms with Gasteiger partial charge in [-0.3, -0.25) is 0 Å². The molecule has 1 aliphatic carbocycles. The minimum absolute atomic E-state index is 0.0944. The first kappa shape index (κ1) is 27.2. The van der Waals surface area contributed by atoms with Crippen molar-refractivity contribution in [2.75, 3.05) is 20.7 Å². The minimum Gasteiger partial charge on any atom is -0.304 e. The Morgan fingerprint density at radius 3 is 2.21 bits per heavy atom. The summed E-state index contributed by atoms with van der Waals surface area (Å²) in [4.78, 5) is 0. The highest BCUT2D eigenvalue weighted by molar-refractivity contribution is 7.92. The highest BCUT2D eigenvalue weighted by atomic mass is 32.2. The number of aryl methyl sites for hydroxylation is 2. The van der Waals surface area contributed by atoms with Crippen LogP contribution in [0.5, 0.6) is 0 Å². The Morgan fingerprint density at radius 1 is 0.882 bits per heavy atom. The van der Waals surface area contributed by atoms with E-state index in [0.29, 0.717) is 5.56 Å². The Hall–Kier alpha value is -1.36. The van der Waals surface area contributed by atoms with Crippen molar-refractivity contribution in [2.24, 2.45) is 11.8 Å². The predicted molar refractivity (Wildman–Crippen MR) is 145 cm³/mol. The van der Waals surface area contributed by atoms with E-state index in [-0.39, 0.29) is 5.82 Å². The van der Waals surface area contributed by atoms with Gasteiger partial charge < -0.3 is 4.18 Å². The first-order valence-electron chi connectivity index (χ1n) is 13.4. The molecule has 4 heteroatoms. The third-order valence-corrected chi connectivity index (χ3v) is 8.05. The molecular formula is C30H44FNOS. The third kappa shape index (κ3) is 9.02. The van der Waals surface area contributed by atoms with Crippen LogP contribution in [0.3, 0.4) is 0 Å². The number of benzene rings is 2. The normalized spacial score (nSPS) is 18.5. The molecule has 0 aromatic heterocycles. The molecule has 3 rings (SSSR count). The van der Waals surface area contributed by atoms with Crippen molar-refractivity contribution < 1.29 is 8.57 Å². The first-order valence-corrected chi connectivity index (χ1v) is 14.1. The van der Waals surface area contributed by atoms with Gasteiger partial charge in [0.15, 0.2) is 0 Å². The Kier molecular flexibility index (Phi) is 11.9. The fourth-order valence-corrected chi connectivity index (χ4v) is 5.79. The van der Waals surface area contributed by atoms with Gasteiger partial charge >= 0.3 is 0 Å². The number of rotatable bonds is 14. The summed E-state index contributed by atoms with van der Waals surface area (Å²) < 4.78 is 22.1. The molecule has 0 N–H and O–H groups in total. The van der Waals surface area contributed by atoms with Crippen molar-refractivity contribution in [2.45, 2.75) is 84.0 Å². The zero-order valence-corrected chi connectivity index (χ0v) is 22.3. The van der Waals surface area contributed by atoms with Gasteiger partial charge in [-0.25, -0.2) is 8.70 Å². The van der Waals surface area contributed by atoms with Gasteiger partial charge in [0.1, 0.15) is 5.82 Å². The molecule has 2 aromatic carbocycles. The molecule has 2 nitrogen and oxygen atoms in total. The second-order valence-electron chi connectivity index (χ2n) is 10.1. The average Bonchev–Trinajstić information content (AvgIpc) is 2.84. The first-order chi connectivity index (χ1) is 16.6. The topological polar surface area (TPSA) is 12.5 Å². The fraction of sp³-hybridized carbons (Fsp3) is 0.600. The quantitative estimate of drug-likeness (QED) is 0.151. The molecule has 0 aliphatic heterocycles. The van der Waals surface area contributed by atoms with E-state index in [1.165, 1.54) is 75.6 Å². The lowest BCUT2D eigenvalue weighted by atomic mass is 9.78. The molecular weight excluding hydrogens is 441 g/mol. The summed E-state index contributed by atoms with van der Waals surface area (Å²) >= 11 is 1.37. The van der Waals surface area contributed by atoms with Crippen LogP contribution in [-0.2, 0) is 17.0 Å². The molecule has 0 atom stereocenters. The molecule has 0 saturated heterocycles. The van der Waals surface area contributed by atoms with E-state index in [9.17, 15) is 4.39 Å². The number of hydrogen-bond donors (Lipinski definition) is 0. The molecule has 34 heavy (non-hydrogen) atoms. The molecule has 0 heterocycles. The van der Waals surface area contributed by atoms with Gasteiger partial charge in [-0.2, -0.15) is 0 Å². The molecule has 0 unspecified atom stereocenters. The second kappa shape index (κ2) is 14.9. The van der Waals surface area contributed by atoms with Gasteiger partial charge in [-0.1, -0.05) is 94.7 Å². The summed E-state index contributed by atoms with van der Waals surface area (Å²) in [6, 6.07) is 14.2. The summed E-state index contributed by atoms with van der Waals surface area (Å²) in [6.45, 7) is 3.26. The molecule has 2 aromatic rings. The van der Waals surface area contributed by atoms with Crippen LogP contribution in [-0.4, -0.2) is 25.0 Å². The Bertz CT molecular complexity index is 832. The maximum absolute atomic E-state index is 14.9. The molecule has 0 radical (unpaired) electrons. The van der Waals surface area contributed by atoms with Crippen molar-refractivity contribution in [3.05, 3.63) is 59.4 Å². The predicted octanol–water partition coefficient (Wildman–Crippen LogP) is 8.89. The second-order valence-corrected chi connectivity index (χ2v) is 11.2. The molecule has 0 bridgehead atoms. The van der Waals surface area contributed by atoms with Crippen LogP contribution < -0.4 is 0 Å². The number of unbranched alkanes of at least 4 members (excludes halogenated alkanes) is 2. The minimum atomic E-state index is -0.0944. The van der Waals surface area contributed by atoms with E-state index in [1.54, 1.807) is 13.2 Å². The van der Waals surface area contributed by atoms with Gasteiger partial charge in [0.05, 0.1) is 19.3 Å². The van der Waals surface area contributed by atoms with Crippen molar-refractivity contribution in [1.29, 1.82) is 0 Å². The molecule has 1 aliphatic rings. The van der Waals surface area contributed by atoms with Gasteiger partial charge in [-0.05, 0) is 67.3 Å². The molecule has 0 amide bonds. The van der Waals surface area contributed by atoms with Crippen molar-refractivity contribution in [3.8, 4) is 11.1 Å². The van der Waals surface area contributed by atoms with Crippen molar-refractivity contribution >= 4 is 12.2 Å². The highest BCUT2D eigenvalue weighted by Gasteiger charge is 2.20.